The molecule has 1 aromatic heterocycles. The quantitative estimate of drug-likeness (QED) is 0.716. The minimum absolute atomic E-state index is 0.0917. The minimum atomic E-state index is -0.784. The number of hydrogen-bond acceptors (Lipinski definition) is 5. The van der Waals surface area contributed by atoms with Gasteiger partial charge in [0.05, 0.1) is 7.11 Å². The van der Waals surface area contributed by atoms with E-state index in [1.165, 1.54) is 7.11 Å². The molecule has 0 aliphatic carbocycles. The monoisotopic (exact) mass is 294 g/mol. The van der Waals surface area contributed by atoms with Gasteiger partial charge >= 0.3 is 11.9 Å². The molecule has 0 aromatic carbocycles. The molecule has 2 N–H and O–H groups in total. The summed E-state index contributed by atoms with van der Waals surface area (Å²) < 4.78 is 4.70. The Hall–Kier alpha value is -2.11. The van der Waals surface area contributed by atoms with Gasteiger partial charge in [-0.05, 0) is 30.4 Å². The van der Waals surface area contributed by atoms with Crippen molar-refractivity contribution in [2.45, 2.75) is 33.1 Å². The predicted octanol–water partition coefficient (Wildman–Crippen LogP) is 2.56. The first-order valence-corrected chi connectivity index (χ1v) is 6.85. The van der Waals surface area contributed by atoms with Crippen molar-refractivity contribution in [1.82, 2.24) is 4.98 Å². The van der Waals surface area contributed by atoms with E-state index in [2.05, 4.69) is 10.3 Å². The Balaban J connectivity index is 2.56. The highest BCUT2D eigenvalue weighted by Crippen LogP contribution is 2.26. The van der Waals surface area contributed by atoms with E-state index in [0.29, 0.717) is 24.3 Å². The summed E-state index contributed by atoms with van der Waals surface area (Å²) in [5, 5.41) is 11.8. The highest BCUT2D eigenvalue weighted by Gasteiger charge is 2.19. The molecule has 0 saturated heterocycles. The van der Waals surface area contributed by atoms with Gasteiger partial charge in [0.15, 0.2) is 0 Å². The van der Waals surface area contributed by atoms with Gasteiger partial charge in [0.2, 0.25) is 0 Å². The number of methoxy groups -OCH3 is 1. The molecule has 0 amide bonds. The number of carboxylic acids is 1. The van der Waals surface area contributed by atoms with Crippen LogP contribution in [0.25, 0.3) is 0 Å². The number of pyridine rings is 1. The lowest BCUT2D eigenvalue weighted by Crippen LogP contribution is -2.19. The maximum Gasteiger partial charge on any atom is 0.341 e. The lowest BCUT2D eigenvalue weighted by Gasteiger charge is -2.24. The zero-order chi connectivity index (χ0) is 15.9. The standard InChI is InChI=1S/C15H22N2O4/c1-15(2,7-6-12(18)19)8-10-17-13-11(14(20)21-3)5-4-9-16-13/h4-5,9H,6-8,10H2,1-3H3,(H,16,17)(H,18,19). The summed E-state index contributed by atoms with van der Waals surface area (Å²) in [4.78, 5) is 26.4. The Labute approximate surface area is 124 Å². The van der Waals surface area contributed by atoms with Crippen molar-refractivity contribution < 1.29 is 19.4 Å². The average molecular weight is 294 g/mol. The van der Waals surface area contributed by atoms with Crippen LogP contribution in [0.3, 0.4) is 0 Å². The number of carboxylic acid groups (broad SMARTS) is 1. The van der Waals surface area contributed by atoms with Gasteiger partial charge in [-0.1, -0.05) is 13.8 Å². The normalized spacial score (nSPS) is 11.0. The first-order valence-electron chi connectivity index (χ1n) is 6.85. The first kappa shape index (κ1) is 16.9. The van der Waals surface area contributed by atoms with Crippen LogP contribution in [0.4, 0.5) is 5.82 Å². The molecule has 0 aliphatic rings. The number of esters is 1. The van der Waals surface area contributed by atoms with Crippen LogP contribution in [0, 0.1) is 5.41 Å². The van der Waals surface area contributed by atoms with Gasteiger partial charge in [-0.3, -0.25) is 4.79 Å². The molecule has 0 fully saturated rings. The topological polar surface area (TPSA) is 88.5 Å². The highest BCUT2D eigenvalue weighted by molar-refractivity contribution is 5.94. The second-order valence-corrected chi connectivity index (χ2v) is 5.63. The summed E-state index contributed by atoms with van der Waals surface area (Å²) in [6.07, 6.45) is 3.14. The number of aliphatic carboxylic acids is 1. The predicted molar refractivity (Wildman–Crippen MR) is 79.3 cm³/mol. The van der Waals surface area contributed by atoms with E-state index in [0.717, 1.165) is 6.42 Å². The van der Waals surface area contributed by atoms with E-state index >= 15 is 0 Å². The third kappa shape index (κ3) is 5.81. The van der Waals surface area contributed by atoms with Crippen molar-refractivity contribution in [3.05, 3.63) is 23.9 Å². The van der Waals surface area contributed by atoms with Gasteiger partial charge in [-0.25, -0.2) is 9.78 Å². The fourth-order valence-corrected chi connectivity index (χ4v) is 1.91. The van der Waals surface area contributed by atoms with Gasteiger partial charge in [-0.2, -0.15) is 0 Å². The largest absolute Gasteiger partial charge is 0.481 e. The summed E-state index contributed by atoms with van der Waals surface area (Å²) >= 11 is 0. The van der Waals surface area contributed by atoms with Crippen molar-refractivity contribution in [2.24, 2.45) is 5.41 Å². The van der Waals surface area contributed by atoms with Crippen LogP contribution < -0.4 is 5.32 Å². The number of anilines is 1. The van der Waals surface area contributed by atoms with Crippen LogP contribution in [0.15, 0.2) is 18.3 Å². The molecule has 1 aromatic rings. The number of nitrogens with one attached hydrogen (secondary N) is 1. The molecule has 0 radical (unpaired) electrons. The second kappa shape index (κ2) is 7.61. The number of carbonyl (C=O) groups is 2. The molecule has 0 aliphatic heterocycles. The molecule has 0 spiro atoms. The van der Waals surface area contributed by atoms with Crippen molar-refractivity contribution in [3.63, 3.8) is 0 Å². The summed E-state index contributed by atoms with van der Waals surface area (Å²) in [5.41, 5.74) is 0.300. The number of rotatable bonds is 8. The van der Waals surface area contributed by atoms with Crippen LogP contribution in [0.1, 0.15) is 43.5 Å². The zero-order valence-electron chi connectivity index (χ0n) is 12.7. The number of hydrogen-bond donors (Lipinski definition) is 2. The second-order valence-electron chi connectivity index (χ2n) is 5.63. The summed E-state index contributed by atoms with van der Waals surface area (Å²) in [7, 11) is 1.33. The third-order valence-corrected chi connectivity index (χ3v) is 3.32. The van der Waals surface area contributed by atoms with E-state index in [4.69, 9.17) is 9.84 Å². The fraction of sp³-hybridized carbons (Fsp3) is 0.533. The van der Waals surface area contributed by atoms with E-state index < -0.39 is 11.9 Å². The molecule has 1 heterocycles. The van der Waals surface area contributed by atoms with Gasteiger partial charge < -0.3 is 15.2 Å². The molecular formula is C15H22N2O4. The Bertz CT molecular complexity index is 500. The van der Waals surface area contributed by atoms with Crippen molar-refractivity contribution in [3.8, 4) is 0 Å². The lowest BCUT2D eigenvalue weighted by molar-refractivity contribution is -0.137. The summed E-state index contributed by atoms with van der Waals surface area (Å²) in [6, 6.07) is 3.32. The van der Waals surface area contributed by atoms with Gasteiger partial charge in [0, 0.05) is 19.2 Å². The Morgan fingerprint density at radius 1 is 1.38 bits per heavy atom. The molecule has 0 atom stereocenters. The molecule has 6 nitrogen and oxygen atoms in total. The zero-order valence-corrected chi connectivity index (χ0v) is 12.7. The summed E-state index contributed by atoms with van der Waals surface area (Å²) in [6.45, 7) is 4.65. The summed E-state index contributed by atoms with van der Waals surface area (Å²) in [5.74, 6) is -0.733. The Morgan fingerprint density at radius 2 is 2.10 bits per heavy atom. The van der Waals surface area contributed by atoms with Crippen molar-refractivity contribution in [1.29, 1.82) is 0 Å². The molecule has 0 bridgehead atoms. The number of ether oxygens (including phenoxy) is 1. The number of aromatic nitrogens is 1. The van der Waals surface area contributed by atoms with E-state index in [1.807, 2.05) is 13.8 Å². The third-order valence-electron chi connectivity index (χ3n) is 3.32. The van der Waals surface area contributed by atoms with Gasteiger partial charge in [0.1, 0.15) is 11.4 Å². The SMILES string of the molecule is COC(=O)c1cccnc1NCCC(C)(C)CCC(=O)O. The van der Waals surface area contributed by atoms with Crippen LogP contribution in [0.2, 0.25) is 0 Å². The van der Waals surface area contributed by atoms with Crippen LogP contribution >= 0.6 is 0 Å². The smallest absolute Gasteiger partial charge is 0.341 e. The molecule has 116 valence electrons. The van der Waals surface area contributed by atoms with E-state index in [9.17, 15) is 9.59 Å². The average Bonchev–Trinajstić information content (AvgIpc) is 2.45. The van der Waals surface area contributed by atoms with Gasteiger partial charge in [-0.15, -0.1) is 0 Å². The maximum atomic E-state index is 11.6. The first-order chi connectivity index (χ1) is 9.85. The molecule has 6 heteroatoms. The van der Waals surface area contributed by atoms with Crippen LogP contribution in [-0.4, -0.2) is 35.7 Å². The maximum absolute atomic E-state index is 11.6. The lowest BCUT2D eigenvalue weighted by atomic mass is 9.84. The van der Waals surface area contributed by atoms with E-state index in [-0.39, 0.29) is 11.8 Å². The highest BCUT2D eigenvalue weighted by atomic mass is 16.5. The molecular weight excluding hydrogens is 272 g/mol. The fourth-order valence-electron chi connectivity index (χ4n) is 1.91. The van der Waals surface area contributed by atoms with Crippen molar-refractivity contribution in [2.75, 3.05) is 19.0 Å². The minimum Gasteiger partial charge on any atom is -0.481 e. The van der Waals surface area contributed by atoms with Gasteiger partial charge in [0.25, 0.3) is 0 Å². The Morgan fingerprint density at radius 3 is 2.71 bits per heavy atom. The van der Waals surface area contributed by atoms with E-state index in [1.54, 1.807) is 18.3 Å². The molecule has 0 unspecified atom stereocenters. The number of nitrogens with zero attached hydrogens (tertiary/aromatic N) is 1. The number of carbonyl (C=O) groups excluding carboxylic acids is 1. The molecule has 21 heavy (non-hydrogen) atoms. The van der Waals surface area contributed by atoms with Crippen LogP contribution in [-0.2, 0) is 9.53 Å². The molecule has 1 rings (SSSR count). The van der Waals surface area contributed by atoms with Crippen molar-refractivity contribution >= 4 is 17.8 Å². The Kier molecular flexibility index (Phi) is 6.14. The van der Waals surface area contributed by atoms with Crippen LogP contribution in [0.5, 0.6) is 0 Å². The molecule has 0 saturated carbocycles.